The highest BCUT2D eigenvalue weighted by Crippen LogP contribution is 2.38. The minimum atomic E-state index is 0.0630. The molecule has 0 saturated heterocycles. The van der Waals surface area contributed by atoms with Crippen molar-refractivity contribution in [3.63, 3.8) is 0 Å². The van der Waals surface area contributed by atoms with E-state index in [1.54, 1.807) is 14.2 Å². The Bertz CT molecular complexity index is 821. The van der Waals surface area contributed by atoms with E-state index in [2.05, 4.69) is 62.3 Å². The summed E-state index contributed by atoms with van der Waals surface area (Å²) in [5.41, 5.74) is 11.1. The molecule has 2 N–H and O–H groups in total. The third kappa shape index (κ3) is 6.29. The number of aromatic nitrogens is 2. The fourth-order valence-electron chi connectivity index (χ4n) is 3.13. The van der Waals surface area contributed by atoms with Crippen molar-refractivity contribution in [2.75, 3.05) is 32.8 Å². The van der Waals surface area contributed by atoms with Gasteiger partial charge in [0.05, 0.1) is 11.4 Å². The van der Waals surface area contributed by atoms with E-state index in [9.17, 15) is 0 Å². The van der Waals surface area contributed by atoms with E-state index in [4.69, 9.17) is 15.0 Å². The maximum Gasteiger partial charge on any atom is 0.162 e. The quantitative estimate of drug-likeness (QED) is 0.385. The van der Waals surface area contributed by atoms with Crippen molar-refractivity contribution >= 4 is 33.1 Å². The topological polar surface area (TPSA) is 92.5 Å². The Labute approximate surface area is 181 Å². The number of benzene rings is 1. The van der Waals surface area contributed by atoms with E-state index in [1.165, 1.54) is 5.56 Å². The predicted octanol–water partition coefficient (Wildman–Crippen LogP) is 6.23. The largest absolute Gasteiger partial charge is 0.385 e. The number of anilines is 2. The molecule has 29 heavy (non-hydrogen) atoms. The molecule has 2 rings (SSSR count). The molecule has 0 aliphatic heterocycles. The number of methoxy groups -OCH3 is 2. The van der Waals surface area contributed by atoms with Crippen molar-refractivity contribution in [1.82, 2.24) is 9.97 Å². The predicted molar refractivity (Wildman–Crippen MR) is 119 cm³/mol. The smallest absolute Gasteiger partial charge is 0.162 e. The maximum absolute atomic E-state index is 7.78. The first kappa shape index (κ1) is 23.4. The van der Waals surface area contributed by atoms with Gasteiger partial charge >= 0.3 is 0 Å². The van der Waals surface area contributed by atoms with Gasteiger partial charge in [-0.15, -0.1) is 0 Å². The van der Waals surface area contributed by atoms with E-state index in [-0.39, 0.29) is 5.92 Å². The molecule has 0 atom stereocenters. The number of nitrogens with one attached hydrogen (secondary N) is 2. The van der Waals surface area contributed by atoms with E-state index >= 15 is 0 Å². The lowest BCUT2D eigenvalue weighted by Gasteiger charge is -2.20. The molecule has 0 aliphatic carbocycles. The van der Waals surface area contributed by atoms with Gasteiger partial charge < -0.3 is 14.8 Å². The van der Waals surface area contributed by atoms with Gasteiger partial charge in [0.1, 0.15) is 11.5 Å². The maximum atomic E-state index is 7.78. The summed E-state index contributed by atoms with van der Waals surface area (Å²) in [4.78, 5) is 9.15. The van der Waals surface area contributed by atoms with E-state index in [0.717, 1.165) is 28.7 Å². The highest BCUT2D eigenvalue weighted by atomic mass is 79.9. The average Bonchev–Trinajstić information content (AvgIpc) is 2.69. The number of aryl methyl sites for hydroxylation is 1. The van der Waals surface area contributed by atoms with Gasteiger partial charge in [-0.2, -0.15) is 5.11 Å². The van der Waals surface area contributed by atoms with Gasteiger partial charge in [0, 0.05) is 37.8 Å². The van der Waals surface area contributed by atoms with Crippen LogP contribution in [0.4, 0.5) is 17.2 Å². The molecular formula is C21H30BrN5O2. The molecule has 1 heterocycles. The zero-order chi connectivity index (χ0) is 21.4. The van der Waals surface area contributed by atoms with Crippen LogP contribution >= 0.6 is 15.9 Å². The third-order valence-electron chi connectivity index (χ3n) is 4.78. The van der Waals surface area contributed by atoms with Crippen molar-refractivity contribution < 1.29 is 9.47 Å². The third-order valence-corrected chi connectivity index (χ3v) is 5.43. The number of hydrogen-bond donors (Lipinski definition) is 2. The molecule has 8 heteroatoms. The lowest BCUT2D eigenvalue weighted by molar-refractivity contribution is 0.162. The molecular weight excluding hydrogens is 434 g/mol. The minimum absolute atomic E-state index is 0.0630. The highest BCUT2D eigenvalue weighted by Gasteiger charge is 2.22. The lowest BCUT2D eigenvalue weighted by atomic mass is 9.96. The van der Waals surface area contributed by atoms with E-state index in [0.29, 0.717) is 36.5 Å². The second-order valence-corrected chi connectivity index (χ2v) is 8.10. The van der Waals surface area contributed by atoms with Crippen molar-refractivity contribution in [2.24, 2.45) is 5.11 Å². The summed E-state index contributed by atoms with van der Waals surface area (Å²) >= 11 is 3.64. The standard InChI is InChI=1S/C21H30BrN5O2/c1-13(2)16-6-7-18(17(22)12-16)26-21-20(27-23)19(24-14(3)25-21)15(8-10-28-4)9-11-29-5/h6-7,12-13,15,23H,8-11H2,1-5H3,(H,24,25,26). The van der Waals surface area contributed by atoms with Crippen LogP contribution in [0, 0.1) is 12.5 Å². The molecule has 1 aromatic heterocycles. The molecule has 0 saturated carbocycles. The Morgan fingerprint density at radius 3 is 2.31 bits per heavy atom. The zero-order valence-electron chi connectivity index (χ0n) is 17.8. The summed E-state index contributed by atoms with van der Waals surface area (Å²) < 4.78 is 11.5. The Morgan fingerprint density at radius 2 is 1.79 bits per heavy atom. The molecule has 0 amide bonds. The Hall–Kier alpha value is -1.90. The van der Waals surface area contributed by atoms with Crippen LogP contribution in [-0.4, -0.2) is 37.4 Å². The first-order valence-electron chi connectivity index (χ1n) is 9.71. The minimum Gasteiger partial charge on any atom is -0.385 e. The number of hydrogen-bond acceptors (Lipinski definition) is 7. The molecule has 0 spiro atoms. The zero-order valence-corrected chi connectivity index (χ0v) is 19.3. The summed E-state index contributed by atoms with van der Waals surface area (Å²) in [6.07, 6.45) is 1.54. The number of nitrogens with zero attached hydrogens (tertiary/aromatic N) is 3. The molecule has 1 aromatic carbocycles. The van der Waals surface area contributed by atoms with Gasteiger partial charge in [0.2, 0.25) is 0 Å². The SMILES string of the molecule is COCCC(CCOC)c1nc(C)nc(Nc2ccc(C(C)C)cc2Br)c1N=N. The molecule has 7 nitrogen and oxygen atoms in total. The van der Waals surface area contributed by atoms with E-state index < -0.39 is 0 Å². The van der Waals surface area contributed by atoms with Gasteiger partial charge in [0.25, 0.3) is 0 Å². The first-order chi connectivity index (χ1) is 13.9. The van der Waals surface area contributed by atoms with Crippen molar-refractivity contribution in [2.45, 2.75) is 45.4 Å². The number of rotatable bonds is 11. The fraction of sp³-hybridized carbons (Fsp3) is 0.524. The summed E-state index contributed by atoms with van der Waals surface area (Å²) in [5, 5.41) is 7.12. The second kappa shape index (κ2) is 11.3. The molecule has 0 aliphatic rings. The molecule has 158 valence electrons. The van der Waals surface area contributed by atoms with Crippen LogP contribution in [0.5, 0.6) is 0 Å². The lowest BCUT2D eigenvalue weighted by Crippen LogP contribution is -2.11. The van der Waals surface area contributed by atoms with Gasteiger partial charge in [-0.3, -0.25) is 0 Å². The van der Waals surface area contributed by atoms with Crippen molar-refractivity contribution in [3.05, 3.63) is 39.8 Å². The molecule has 0 radical (unpaired) electrons. The van der Waals surface area contributed by atoms with Gasteiger partial charge in [-0.05, 0) is 59.3 Å². The summed E-state index contributed by atoms with van der Waals surface area (Å²) in [7, 11) is 3.36. The van der Waals surface area contributed by atoms with Crippen LogP contribution in [0.3, 0.4) is 0 Å². The van der Waals surface area contributed by atoms with Crippen molar-refractivity contribution in [3.8, 4) is 0 Å². The molecule has 0 bridgehead atoms. The number of halogens is 1. The van der Waals surface area contributed by atoms with Crippen molar-refractivity contribution in [1.29, 1.82) is 5.53 Å². The molecule has 2 aromatic rings. The fourth-order valence-corrected chi connectivity index (χ4v) is 3.62. The monoisotopic (exact) mass is 463 g/mol. The van der Waals surface area contributed by atoms with Crippen LogP contribution in [0.25, 0.3) is 0 Å². The molecule has 0 fully saturated rings. The highest BCUT2D eigenvalue weighted by molar-refractivity contribution is 9.10. The van der Waals surface area contributed by atoms with Crippen LogP contribution in [-0.2, 0) is 9.47 Å². The van der Waals surface area contributed by atoms with Gasteiger partial charge in [-0.25, -0.2) is 15.5 Å². The van der Waals surface area contributed by atoms with Gasteiger partial charge in [0.15, 0.2) is 5.82 Å². The average molecular weight is 464 g/mol. The normalized spacial score (nSPS) is 11.3. The summed E-state index contributed by atoms with van der Waals surface area (Å²) in [6.45, 7) is 7.36. The van der Waals surface area contributed by atoms with Crippen LogP contribution < -0.4 is 5.32 Å². The first-order valence-corrected chi connectivity index (χ1v) is 10.5. The number of ether oxygens (including phenoxy) is 2. The Balaban J connectivity index is 2.43. The van der Waals surface area contributed by atoms with Crippen LogP contribution in [0.1, 0.15) is 55.6 Å². The summed E-state index contributed by atoms with van der Waals surface area (Å²) in [5.74, 6) is 1.66. The van der Waals surface area contributed by atoms with Crippen LogP contribution in [0.15, 0.2) is 27.8 Å². The van der Waals surface area contributed by atoms with Gasteiger partial charge in [-0.1, -0.05) is 19.9 Å². The van der Waals surface area contributed by atoms with Crippen LogP contribution in [0.2, 0.25) is 0 Å². The Kier molecular flexibility index (Phi) is 9.13. The summed E-state index contributed by atoms with van der Waals surface area (Å²) in [6, 6.07) is 6.20. The van der Waals surface area contributed by atoms with E-state index in [1.807, 2.05) is 13.0 Å². The Morgan fingerprint density at radius 1 is 1.14 bits per heavy atom. The second-order valence-electron chi connectivity index (χ2n) is 7.24. The molecule has 0 unspecified atom stereocenters.